The van der Waals surface area contributed by atoms with Crippen LogP contribution in [-0.4, -0.2) is 28.5 Å². The number of nitrogens with one attached hydrogen (secondary N) is 1. The summed E-state index contributed by atoms with van der Waals surface area (Å²) in [5, 5.41) is 3.12. The third-order valence-electron chi connectivity index (χ3n) is 3.93. The molecule has 1 aliphatic rings. The van der Waals surface area contributed by atoms with Crippen LogP contribution in [0.2, 0.25) is 0 Å². The monoisotopic (exact) mass is 411 g/mol. The van der Waals surface area contributed by atoms with Crippen LogP contribution in [0.1, 0.15) is 25.8 Å². The number of anilines is 1. The maximum absolute atomic E-state index is 6.91. The predicted molar refractivity (Wildman–Crippen MR) is 107 cm³/mol. The number of rotatable bonds is 5. The van der Waals surface area contributed by atoms with Gasteiger partial charge in [0.25, 0.3) is 5.82 Å². The summed E-state index contributed by atoms with van der Waals surface area (Å²) in [6.45, 7) is 11.6. The van der Waals surface area contributed by atoms with E-state index < -0.39 is 0 Å². The zero-order valence-corrected chi connectivity index (χ0v) is 16.1. The quantitative estimate of drug-likeness (QED) is 0.712. The van der Waals surface area contributed by atoms with Crippen molar-refractivity contribution >= 4 is 39.0 Å². The molecule has 0 bridgehead atoms. The summed E-state index contributed by atoms with van der Waals surface area (Å²) in [6, 6.07) is 6.03. The van der Waals surface area contributed by atoms with E-state index in [1.807, 2.05) is 24.3 Å². The summed E-state index contributed by atoms with van der Waals surface area (Å²) in [5.41, 5.74) is 2.10. The van der Waals surface area contributed by atoms with Gasteiger partial charge in [0.1, 0.15) is 11.6 Å². The van der Waals surface area contributed by atoms with Crippen LogP contribution < -0.4 is 10.1 Å². The summed E-state index contributed by atoms with van der Waals surface area (Å²) in [4.78, 5) is 15.9. The molecular formula is C19H18BrN5O. The molecule has 132 valence electrons. The molecule has 0 saturated heterocycles. The van der Waals surface area contributed by atoms with Crippen molar-refractivity contribution in [3.05, 3.63) is 58.1 Å². The Morgan fingerprint density at radius 2 is 2.19 bits per heavy atom. The normalized spacial score (nSPS) is 14.2. The maximum atomic E-state index is 6.91. The van der Waals surface area contributed by atoms with E-state index in [1.54, 1.807) is 0 Å². The van der Waals surface area contributed by atoms with E-state index in [0.717, 1.165) is 27.8 Å². The Bertz CT molecular complexity index is 899. The molecule has 6 nitrogen and oxygen atoms in total. The Morgan fingerprint density at radius 1 is 1.35 bits per heavy atom. The first-order chi connectivity index (χ1) is 12.6. The molecule has 2 aromatic rings. The van der Waals surface area contributed by atoms with Crippen molar-refractivity contribution in [1.29, 1.82) is 0 Å². The Balaban J connectivity index is 1.79. The van der Waals surface area contributed by atoms with Crippen molar-refractivity contribution in [2.75, 3.05) is 11.9 Å². The molecule has 0 saturated carbocycles. The van der Waals surface area contributed by atoms with E-state index in [-0.39, 0.29) is 11.9 Å². The highest BCUT2D eigenvalue weighted by Crippen LogP contribution is 2.32. The van der Waals surface area contributed by atoms with Gasteiger partial charge in [0.15, 0.2) is 12.0 Å². The van der Waals surface area contributed by atoms with E-state index in [4.69, 9.17) is 11.3 Å². The first-order valence-corrected chi connectivity index (χ1v) is 9.06. The van der Waals surface area contributed by atoms with E-state index in [9.17, 15) is 0 Å². The fraction of sp³-hybridized carbons (Fsp3) is 0.263. The zero-order chi connectivity index (χ0) is 18.5. The topological polar surface area (TPSA) is 63.8 Å². The minimum atomic E-state index is 0.139. The third-order valence-corrected chi connectivity index (χ3v) is 4.43. The average Bonchev–Trinajstić information content (AvgIpc) is 3.10. The number of aromatic nitrogens is 2. The van der Waals surface area contributed by atoms with Gasteiger partial charge in [-0.3, -0.25) is 4.99 Å². The zero-order valence-electron chi connectivity index (χ0n) is 14.5. The fourth-order valence-electron chi connectivity index (χ4n) is 2.40. The Kier molecular flexibility index (Phi) is 5.64. The third kappa shape index (κ3) is 4.27. The van der Waals surface area contributed by atoms with Crippen molar-refractivity contribution in [2.45, 2.75) is 26.4 Å². The second kappa shape index (κ2) is 8.11. The SMILES string of the molecule is [C-]#[N+]c1cnc(NC2=NCC(c3ccc(Br)cc3O[C@@H](C)CC)=C2)cn1. The Morgan fingerprint density at radius 3 is 2.88 bits per heavy atom. The molecule has 0 amide bonds. The minimum Gasteiger partial charge on any atom is -0.490 e. The lowest BCUT2D eigenvalue weighted by Gasteiger charge is -2.17. The number of amidine groups is 1. The smallest absolute Gasteiger partial charge is 0.288 e. The van der Waals surface area contributed by atoms with Gasteiger partial charge in [0.2, 0.25) is 0 Å². The van der Waals surface area contributed by atoms with Gasteiger partial charge in [-0.25, -0.2) is 4.98 Å². The molecule has 26 heavy (non-hydrogen) atoms. The first-order valence-electron chi connectivity index (χ1n) is 8.27. The molecule has 3 rings (SSSR count). The van der Waals surface area contributed by atoms with Gasteiger partial charge in [-0.15, -0.1) is 4.98 Å². The number of ether oxygens (including phenoxy) is 1. The highest BCUT2D eigenvalue weighted by atomic mass is 79.9. The lowest BCUT2D eigenvalue weighted by Crippen LogP contribution is -2.11. The van der Waals surface area contributed by atoms with Gasteiger partial charge in [-0.1, -0.05) is 29.4 Å². The van der Waals surface area contributed by atoms with E-state index >= 15 is 0 Å². The van der Waals surface area contributed by atoms with Crippen LogP contribution in [0.15, 0.2) is 46.1 Å². The molecule has 1 aromatic heterocycles. The van der Waals surface area contributed by atoms with Crippen LogP contribution in [0.3, 0.4) is 0 Å². The molecule has 7 heteroatoms. The predicted octanol–water partition coefficient (Wildman–Crippen LogP) is 4.87. The van der Waals surface area contributed by atoms with Crippen molar-refractivity contribution in [3.8, 4) is 5.75 Å². The van der Waals surface area contributed by atoms with Crippen LogP contribution in [0.5, 0.6) is 5.75 Å². The van der Waals surface area contributed by atoms with Gasteiger partial charge in [-0.2, -0.15) is 0 Å². The standard InChI is InChI=1S/C19H18BrN5O/c1-4-12(2)26-16-8-14(20)5-6-15(16)13-7-17(22-9-13)25-19-11-23-18(21-3)10-24-19/h5-8,10-12H,4,9H2,1-2H3,(H,22,24,25)/t12-/m0/s1. The summed E-state index contributed by atoms with van der Waals surface area (Å²) in [6.07, 6.45) is 6.02. The summed E-state index contributed by atoms with van der Waals surface area (Å²) in [7, 11) is 0. The van der Waals surface area contributed by atoms with Gasteiger partial charge < -0.3 is 14.9 Å². The molecular weight excluding hydrogens is 394 g/mol. The maximum Gasteiger partial charge on any atom is 0.288 e. The molecule has 0 fully saturated rings. The molecule has 0 unspecified atom stereocenters. The number of halogens is 1. The van der Waals surface area contributed by atoms with E-state index in [0.29, 0.717) is 18.2 Å². The number of aliphatic imine (C=N–C) groups is 1. The van der Waals surface area contributed by atoms with Crippen LogP contribution in [0, 0.1) is 6.57 Å². The van der Waals surface area contributed by atoms with Crippen LogP contribution >= 0.6 is 15.9 Å². The Hall–Kier alpha value is -2.72. The van der Waals surface area contributed by atoms with Crippen LogP contribution in [0.25, 0.3) is 10.4 Å². The first kappa shape index (κ1) is 18.1. The fourth-order valence-corrected chi connectivity index (χ4v) is 2.74. The summed E-state index contributed by atoms with van der Waals surface area (Å²) in [5.74, 6) is 2.38. The number of hydrogen-bond acceptors (Lipinski definition) is 5. The average molecular weight is 412 g/mol. The van der Waals surface area contributed by atoms with Crippen molar-refractivity contribution < 1.29 is 4.74 Å². The van der Waals surface area contributed by atoms with Crippen molar-refractivity contribution in [1.82, 2.24) is 9.97 Å². The van der Waals surface area contributed by atoms with Crippen molar-refractivity contribution in [2.24, 2.45) is 4.99 Å². The molecule has 1 aromatic carbocycles. The van der Waals surface area contributed by atoms with Gasteiger partial charge in [-0.05, 0) is 43.2 Å². The van der Waals surface area contributed by atoms with E-state index in [1.165, 1.54) is 12.4 Å². The summed E-state index contributed by atoms with van der Waals surface area (Å²) >= 11 is 3.51. The molecule has 0 aliphatic carbocycles. The van der Waals surface area contributed by atoms with Crippen LogP contribution in [0.4, 0.5) is 11.6 Å². The molecule has 1 N–H and O–H groups in total. The molecule has 0 radical (unpaired) electrons. The second-order valence-corrected chi connectivity index (χ2v) is 6.76. The van der Waals surface area contributed by atoms with E-state index in [2.05, 4.69) is 54.9 Å². The largest absolute Gasteiger partial charge is 0.490 e. The summed E-state index contributed by atoms with van der Waals surface area (Å²) < 4.78 is 7.05. The minimum absolute atomic E-state index is 0.139. The van der Waals surface area contributed by atoms with Crippen molar-refractivity contribution in [3.63, 3.8) is 0 Å². The highest BCUT2D eigenvalue weighted by Gasteiger charge is 2.17. The van der Waals surface area contributed by atoms with Crippen LogP contribution in [-0.2, 0) is 0 Å². The highest BCUT2D eigenvalue weighted by molar-refractivity contribution is 9.10. The van der Waals surface area contributed by atoms with Gasteiger partial charge >= 0.3 is 0 Å². The molecule has 1 atom stereocenters. The number of benzene rings is 1. The number of nitrogens with zero attached hydrogens (tertiary/aromatic N) is 4. The lowest BCUT2D eigenvalue weighted by molar-refractivity contribution is 0.216. The second-order valence-electron chi connectivity index (χ2n) is 5.84. The Labute approximate surface area is 161 Å². The number of hydrogen-bond donors (Lipinski definition) is 1. The molecule has 0 spiro atoms. The molecule has 1 aliphatic heterocycles. The van der Waals surface area contributed by atoms with Gasteiger partial charge in [0.05, 0.1) is 18.8 Å². The lowest BCUT2D eigenvalue weighted by atomic mass is 10.1. The molecule has 2 heterocycles. The van der Waals surface area contributed by atoms with Gasteiger partial charge in [0, 0.05) is 10.0 Å².